The highest BCUT2D eigenvalue weighted by molar-refractivity contribution is 6.00. The average molecular weight is 767 g/mol. The van der Waals surface area contributed by atoms with Crippen LogP contribution in [0.1, 0.15) is 78.8 Å². The van der Waals surface area contributed by atoms with Crippen LogP contribution in [0.3, 0.4) is 0 Å². The number of carbonyl (C=O) groups is 6. The van der Waals surface area contributed by atoms with Gasteiger partial charge in [0.25, 0.3) is 35.4 Å². The molecule has 4 bridgehead atoms. The van der Waals surface area contributed by atoms with Crippen LogP contribution < -0.4 is 32.1 Å². The molecule has 0 spiro atoms. The Morgan fingerprint density at radius 1 is 0.571 bits per heavy atom. The summed E-state index contributed by atoms with van der Waals surface area (Å²) in [6.07, 6.45) is 2.98. The van der Waals surface area contributed by atoms with E-state index in [1.165, 1.54) is 97.4 Å². The third kappa shape index (κ3) is 11.9. The Bertz CT molecular complexity index is 1990. The van der Waals surface area contributed by atoms with Crippen molar-refractivity contribution in [3.8, 4) is 0 Å². The molecule has 1 aliphatic heterocycles. The molecule has 288 valence electrons. The fourth-order valence-corrected chi connectivity index (χ4v) is 5.17. The van der Waals surface area contributed by atoms with Crippen molar-refractivity contribution in [3.63, 3.8) is 0 Å². The van der Waals surface area contributed by atoms with Crippen molar-refractivity contribution in [1.29, 1.82) is 0 Å². The second-order valence-electron chi connectivity index (χ2n) is 12.2. The Hall–Kier alpha value is -7.24. The van der Waals surface area contributed by atoms with E-state index in [0.29, 0.717) is 11.1 Å². The van der Waals surface area contributed by atoms with Gasteiger partial charge in [-0.1, -0.05) is 36.4 Å². The number of nitrogens with zero attached hydrogens (tertiary/aromatic N) is 4. The molecule has 56 heavy (non-hydrogen) atoms. The minimum Gasteiger partial charge on any atom is -0.351 e. The summed E-state index contributed by atoms with van der Waals surface area (Å²) in [5.74, 6) is -5.12. The Kier molecular flexibility index (Phi) is 14.1. The van der Waals surface area contributed by atoms with Crippen molar-refractivity contribution >= 4 is 47.9 Å². The molecule has 4 aromatic rings. The number of carbonyl (C=O) groups excluding carboxylic acids is 6. The van der Waals surface area contributed by atoms with E-state index < -0.39 is 59.2 Å². The maximum atomic E-state index is 13.4. The first-order valence-corrected chi connectivity index (χ1v) is 17.3. The first kappa shape index (κ1) is 40.0. The summed E-state index contributed by atoms with van der Waals surface area (Å²) in [5, 5.41) is 18.3. The van der Waals surface area contributed by atoms with Crippen LogP contribution in [-0.4, -0.2) is 83.0 Å². The number of pyridine rings is 2. The minimum atomic E-state index is -1.20. The average Bonchev–Trinajstić information content (AvgIpc) is 3.20. The van der Waals surface area contributed by atoms with Crippen molar-refractivity contribution in [3.05, 3.63) is 130 Å². The zero-order valence-corrected chi connectivity index (χ0v) is 29.6. The molecule has 0 saturated heterocycles. The quantitative estimate of drug-likeness (QED) is 0.125. The molecule has 3 heterocycles. The molecule has 0 aliphatic carbocycles. The lowest BCUT2D eigenvalue weighted by molar-refractivity contribution is -0.123. The first-order chi connectivity index (χ1) is 27.0. The minimum absolute atomic E-state index is 0.0143. The molecule has 0 unspecified atom stereocenters. The summed E-state index contributed by atoms with van der Waals surface area (Å²) in [6.45, 7) is 0.130. The topological polar surface area (TPSA) is 225 Å². The molecule has 0 fully saturated rings. The van der Waals surface area contributed by atoms with Gasteiger partial charge in [0.15, 0.2) is 0 Å². The molecule has 1 aliphatic rings. The summed E-state index contributed by atoms with van der Waals surface area (Å²) in [5.41, 5.74) is 5.14. The second-order valence-corrected chi connectivity index (χ2v) is 12.2. The number of fused-ring (bicyclic) bond motifs is 4. The first-order valence-electron chi connectivity index (χ1n) is 17.3. The van der Waals surface area contributed by atoms with Gasteiger partial charge in [0, 0.05) is 13.1 Å². The predicted octanol–water partition coefficient (Wildman–Crippen LogP) is 1.99. The van der Waals surface area contributed by atoms with Crippen LogP contribution >= 0.6 is 0 Å². The van der Waals surface area contributed by atoms with Crippen molar-refractivity contribution in [2.45, 2.75) is 37.8 Å². The number of hydrogen-bond acceptors (Lipinski definition) is 10. The summed E-state index contributed by atoms with van der Waals surface area (Å²) >= 11 is 0. The second kappa shape index (κ2) is 19.7. The van der Waals surface area contributed by atoms with E-state index >= 15 is 0 Å². The number of nitrogens with one attached hydrogen (secondary N) is 6. The van der Waals surface area contributed by atoms with Gasteiger partial charge in [0.2, 0.25) is 0 Å². The lowest BCUT2D eigenvalue weighted by atomic mass is 10.1. The van der Waals surface area contributed by atoms with E-state index in [0.717, 1.165) is 0 Å². The van der Waals surface area contributed by atoms with Crippen LogP contribution in [0, 0.1) is 11.6 Å². The molecule has 18 heteroatoms. The molecular formula is C38H36F2N10O6. The molecular weight excluding hydrogens is 730 g/mol. The van der Waals surface area contributed by atoms with Crippen LogP contribution in [0.25, 0.3) is 0 Å². The molecule has 2 aromatic heterocycles. The van der Waals surface area contributed by atoms with Gasteiger partial charge in [-0.25, -0.2) is 29.6 Å². The van der Waals surface area contributed by atoms with E-state index in [1.54, 1.807) is 0 Å². The van der Waals surface area contributed by atoms with Crippen LogP contribution in [0.2, 0.25) is 0 Å². The summed E-state index contributed by atoms with van der Waals surface area (Å²) < 4.78 is 26.6. The zero-order valence-electron chi connectivity index (χ0n) is 29.6. The van der Waals surface area contributed by atoms with Crippen molar-refractivity contribution in [2.75, 3.05) is 13.1 Å². The van der Waals surface area contributed by atoms with Gasteiger partial charge in [-0.05, 0) is 85.3 Å². The number of halogens is 2. The van der Waals surface area contributed by atoms with Crippen LogP contribution in [0.5, 0.6) is 0 Å². The fourth-order valence-electron chi connectivity index (χ4n) is 5.17. The number of amides is 6. The normalized spacial score (nSPS) is 17.4. The molecule has 6 amide bonds. The largest absolute Gasteiger partial charge is 0.351 e. The molecule has 0 radical (unpaired) electrons. The summed E-state index contributed by atoms with van der Waals surface area (Å²) in [6, 6.07) is 16.7. The highest BCUT2D eigenvalue weighted by atomic mass is 19.1. The summed E-state index contributed by atoms with van der Waals surface area (Å²) in [7, 11) is 0. The van der Waals surface area contributed by atoms with E-state index in [4.69, 9.17) is 0 Å². The molecule has 5 rings (SSSR count). The number of aromatic nitrogens is 2. The predicted molar refractivity (Wildman–Crippen MR) is 198 cm³/mol. The Balaban J connectivity index is 1.36. The van der Waals surface area contributed by atoms with Gasteiger partial charge in [-0.2, -0.15) is 10.2 Å². The van der Waals surface area contributed by atoms with E-state index in [2.05, 4.69) is 52.3 Å². The van der Waals surface area contributed by atoms with Crippen LogP contribution in [0.4, 0.5) is 8.78 Å². The van der Waals surface area contributed by atoms with Gasteiger partial charge in [-0.3, -0.25) is 28.8 Å². The van der Waals surface area contributed by atoms with E-state index in [9.17, 15) is 37.5 Å². The molecule has 16 nitrogen and oxygen atoms in total. The maximum Gasteiger partial charge on any atom is 0.270 e. The van der Waals surface area contributed by atoms with Crippen molar-refractivity contribution in [2.24, 2.45) is 10.2 Å². The standard InChI is InChI=1S/C38H36F2N10O6/c39-25-15-11-23(12-16-25)21-43-49-37(55)31-9-3-19-41-33(51)27-5-1-6-28(45-27)34(52)42-20-4-10-32(38(56)50-44-22-24-13-17-26(40)18-14-24)48-36(54)30-8-2-7-29(46-30)35(53)47-31/h1-2,5-8,11-18,21-22,31-32H,3-4,9-10,19-20H2,(H,41,51)(H,42,52)(H,47,53)(H,48,54)(H,49,55)(H,50,56)/b43-21+,44-22+/t31-,32-/m0/s1. The van der Waals surface area contributed by atoms with Gasteiger partial charge in [-0.15, -0.1) is 0 Å². The highest BCUT2D eigenvalue weighted by Crippen LogP contribution is 2.08. The van der Waals surface area contributed by atoms with E-state index in [-0.39, 0.29) is 61.5 Å². The number of hydrogen-bond donors (Lipinski definition) is 6. The molecule has 2 aromatic carbocycles. The van der Waals surface area contributed by atoms with E-state index in [1.807, 2.05) is 0 Å². The Labute approximate surface area is 318 Å². The third-order valence-electron chi connectivity index (χ3n) is 8.10. The van der Waals surface area contributed by atoms with Crippen LogP contribution in [-0.2, 0) is 9.59 Å². The van der Waals surface area contributed by atoms with Crippen molar-refractivity contribution < 1.29 is 37.5 Å². The van der Waals surface area contributed by atoms with Gasteiger partial charge in [0.1, 0.15) is 46.5 Å². The maximum absolute atomic E-state index is 13.4. The van der Waals surface area contributed by atoms with Gasteiger partial charge in [0.05, 0.1) is 12.4 Å². The zero-order chi connectivity index (χ0) is 39.9. The summed E-state index contributed by atoms with van der Waals surface area (Å²) in [4.78, 5) is 87.3. The smallest absolute Gasteiger partial charge is 0.270 e. The monoisotopic (exact) mass is 766 g/mol. The SMILES string of the molecule is O=C1NCCC[C@@H](C(=O)N/N=C/c2ccc(F)cc2)NC(=O)c2cccc(n2)C(=O)N[C@H](C(=O)N/N=C/c2ccc(F)cc2)CCCNC(=O)c2cccc1n2. The van der Waals surface area contributed by atoms with Crippen molar-refractivity contribution in [1.82, 2.24) is 42.1 Å². The van der Waals surface area contributed by atoms with Gasteiger partial charge < -0.3 is 21.3 Å². The lowest BCUT2D eigenvalue weighted by Crippen LogP contribution is -2.47. The fraction of sp³-hybridized carbons (Fsp3) is 0.211. The van der Waals surface area contributed by atoms with Crippen LogP contribution in [0.15, 0.2) is 95.1 Å². The van der Waals surface area contributed by atoms with Gasteiger partial charge >= 0.3 is 0 Å². The molecule has 6 N–H and O–H groups in total. The number of benzene rings is 2. The lowest BCUT2D eigenvalue weighted by Gasteiger charge is -2.18. The number of hydrazone groups is 2. The third-order valence-corrected chi connectivity index (χ3v) is 8.10. The highest BCUT2D eigenvalue weighted by Gasteiger charge is 2.25. The number of rotatable bonds is 6. The Morgan fingerprint density at radius 3 is 1.30 bits per heavy atom. The Morgan fingerprint density at radius 2 is 0.929 bits per heavy atom. The molecule has 2 atom stereocenters. The molecule has 0 saturated carbocycles.